The van der Waals surface area contributed by atoms with E-state index in [1.54, 1.807) is 0 Å². The van der Waals surface area contributed by atoms with E-state index in [9.17, 15) is 4.79 Å². The summed E-state index contributed by atoms with van der Waals surface area (Å²) in [6, 6.07) is 18.5. The number of carbonyl (C=O) groups is 1. The number of benzene rings is 2. The Kier molecular flexibility index (Phi) is 4.31. The van der Waals surface area contributed by atoms with Crippen molar-refractivity contribution in [2.24, 2.45) is 0 Å². The van der Waals surface area contributed by atoms with Gasteiger partial charge in [-0.1, -0.05) is 48.5 Å². The SMILES string of the molecule is O=C(CNCCc1ccccc1)N1CCc2ccccc21. The lowest BCUT2D eigenvalue weighted by atomic mass is 10.1. The molecule has 2 aromatic carbocycles. The largest absolute Gasteiger partial charge is 0.311 e. The van der Waals surface area contributed by atoms with Crippen LogP contribution < -0.4 is 10.2 Å². The molecule has 3 rings (SSSR count). The standard InChI is InChI=1S/C18H20N2O/c21-18(14-19-12-10-15-6-2-1-3-7-15)20-13-11-16-8-4-5-9-17(16)20/h1-9,19H,10-14H2. The maximum Gasteiger partial charge on any atom is 0.240 e. The molecule has 0 atom stereocenters. The highest BCUT2D eigenvalue weighted by atomic mass is 16.2. The van der Waals surface area contributed by atoms with Gasteiger partial charge in [-0.05, 0) is 36.6 Å². The third-order valence-corrected chi connectivity index (χ3v) is 3.90. The van der Waals surface area contributed by atoms with Gasteiger partial charge in [0.1, 0.15) is 0 Å². The number of nitrogens with one attached hydrogen (secondary N) is 1. The minimum Gasteiger partial charge on any atom is -0.311 e. The van der Waals surface area contributed by atoms with E-state index < -0.39 is 0 Å². The van der Waals surface area contributed by atoms with Crippen LogP contribution >= 0.6 is 0 Å². The summed E-state index contributed by atoms with van der Waals surface area (Å²) in [5.41, 5.74) is 3.64. The molecule has 21 heavy (non-hydrogen) atoms. The van der Waals surface area contributed by atoms with Crippen molar-refractivity contribution in [3.05, 3.63) is 65.7 Å². The fourth-order valence-electron chi connectivity index (χ4n) is 2.77. The van der Waals surface area contributed by atoms with Gasteiger partial charge in [0.25, 0.3) is 0 Å². The third-order valence-electron chi connectivity index (χ3n) is 3.90. The number of rotatable bonds is 5. The molecule has 1 aliphatic rings. The van der Waals surface area contributed by atoms with Gasteiger partial charge in [-0.15, -0.1) is 0 Å². The molecule has 108 valence electrons. The first kappa shape index (κ1) is 13.8. The molecule has 1 N–H and O–H groups in total. The predicted molar refractivity (Wildman–Crippen MR) is 85.5 cm³/mol. The molecule has 0 fully saturated rings. The summed E-state index contributed by atoms with van der Waals surface area (Å²) in [5.74, 6) is 0.160. The Balaban J connectivity index is 1.47. The Morgan fingerprint density at radius 3 is 2.67 bits per heavy atom. The molecule has 1 heterocycles. The summed E-state index contributed by atoms with van der Waals surface area (Å²) in [5, 5.41) is 3.25. The molecule has 0 unspecified atom stereocenters. The van der Waals surface area contributed by atoms with E-state index in [-0.39, 0.29) is 5.91 Å². The first-order valence-electron chi connectivity index (χ1n) is 7.47. The lowest BCUT2D eigenvalue weighted by Crippen LogP contribution is -2.37. The second-order valence-electron chi connectivity index (χ2n) is 5.34. The van der Waals surface area contributed by atoms with Crippen molar-refractivity contribution >= 4 is 11.6 Å². The number of hydrogen-bond acceptors (Lipinski definition) is 2. The van der Waals surface area contributed by atoms with Crippen molar-refractivity contribution in [1.82, 2.24) is 5.32 Å². The lowest BCUT2D eigenvalue weighted by molar-refractivity contribution is -0.117. The van der Waals surface area contributed by atoms with Crippen molar-refractivity contribution in [1.29, 1.82) is 0 Å². The monoisotopic (exact) mass is 280 g/mol. The maximum atomic E-state index is 12.3. The molecule has 3 heteroatoms. The summed E-state index contributed by atoms with van der Waals surface area (Å²) < 4.78 is 0. The van der Waals surface area contributed by atoms with Crippen LogP contribution in [0.15, 0.2) is 54.6 Å². The highest BCUT2D eigenvalue weighted by Gasteiger charge is 2.23. The summed E-state index contributed by atoms with van der Waals surface area (Å²) in [6.45, 7) is 2.03. The Morgan fingerprint density at radius 2 is 1.81 bits per heavy atom. The van der Waals surface area contributed by atoms with Crippen LogP contribution in [-0.4, -0.2) is 25.5 Å². The van der Waals surface area contributed by atoms with Crippen molar-refractivity contribution in [3.8, 4) is 0 Å². The molecule has 3 nitrogen and oxygen atoms in total. The molecular weight excluding hydrogens is 260 g/mol. The number of carbonyl (C=O) groups excluding carboxylic acids is 1. The van der Waals surface area contributed by atoms with Crippen LogP contribution in [0.25, 0.3) is 0 Å². The average molecular weight is 280 g/mol. The Hall–Kier alpha value is -2.13. The van der Waals surface area contributed by atoms with Gasteiger partial charge in [0, 0.05) is 12.2 Å². The number of nitrogens with zero attached hydrogens (tertiary/aromatic N) is 1. The van der Waals surface area contributed by atoms with Crippen LogP contribution in [0.3, 0.4) is 0 Å². The van der Waals surface area contributed by atoms with E-state index in [4.69, 9.17) is 0 Å². The maximum absolute atomic E-state index is 12.3. The lowest BCUT2D eigenvalue weighted by Gasteiger charge is -2.17. The molecule has 2 aromatic rings. The molecule has 0 saturated heterocycles. The van der Waals surface area contributed by atoms with E-state index in [1.165, 1.54) is 11.1 Å². The molecular formula is C18H20N2O. The van der Waals surface area contributed by atoms with Crippen LogP contribution in [0.4, 0.5) is 5.69 Å². The third kappa shape index (κ3) is 3.31. The van der Waals surface area contributed by atoms with Gasteiger partial charge in [-0.3, -0.25) is 4.79 Å². The van der Waals surface area contributed by atoms with Crippen molar-refractivity contribution in [2.75, 3.05) is 24.5 Å². The second kappa shape index (κ2) is 6.55. The van der Waals surface area contributed by atoms with Gasteiger partial charge in [0.2, 0.25) is 5.91 Å². The molecule has 1 aliphatic heterocycles. The number of hydrogen-bond donors (Lipinski definition) is 1. The number of amides is 1. The van der Waals surface area contributed by atoms with Gasteiger partial charge in [0.05, 0.1) is 6.54 Å². The molecule has 0 radical (unpaired) electrons. The fraction of sp³-hybridized carbons (Fsp3) is 0.278. The second-order valence-corrected chi connectivity index (χ2v) is 5.34. The van der Waals surface area contributed by atoms with Crippen LogP contribution in [0.2, 0.25) is 0 Å². The van der Waals surface area contributed by atoms with E-state index >= 15 is 0 Å². The summed E-state index contributed by atoms with van der Waals surface area (Å²) in [4.78, 5) is 14.2. The smallest absolute Gasteiger partial charge is 0.240 e. The summed E-state index contributed by atoms with van der Waals surface area (Å²) in [6.07, 6.45) is 1.91. The fourth-order valence-corrected chi connectivity index (χ4v) is 2.77. The number of fused-ring (bicyclic) bond motifs is 1. The summed E-state index contributed by atoms with van der Waals surface area (Å²) in [7, 11) is 0. The Bertz CT molecular complexity index is 610. The van der Waals surface area contributed by atoms with Crippen LogP contribution in [0, 0.1) is 0 Å². The normalized spacial score (nSPS) is 13.2. The topological polar surface area (TPSA) is 32.3 Å². The molecule has 0 aromatic heterocycles. The van der Waals surface area contributed by atoms with E-state index in [0.717, 1.165) is 31.6 Å². The van der Waals surface area contributed by atoms with Gasteiger partial charge < -0.3 is 10.2 Å². The Labute approximate surface area is 125 Å². The van der Waals surface area contributed by atoms with Crippen LogP contribution in [0.1, 0.15) is 11.1 Å². The molecule has 0 saturated carbocycles. The number of para-hydroxylation sites is 1. The zero-order valence-corrected chi connectivity index (χ0v) is 12.1. The van der Waals surface area contributed by atoms with E-state index in [2.05, 4.69) is 23.5 Å². The molecule has 0 spiro atoms. The van der Waals surface area contributed by atoms with Crippen molar-refractivity contribution < 1.29 is 4.79 Å². The van der Waals surface area contributed by atoms with Crippen molar-refractivity contribution in [2.45, 2.75) is 12.8 Å². The van der Waals surface area contributed by atoms with E-state index in [0.29, 0.717) is 6.54 Å². The summed E-state index contributed by atoms with van der Waals surface area (Å²) >= 11 is 0. The van der Waals surface area contributed by atoms with Gasteiger partial charge >= 0.3 is 0 Å². The minimum absolute atomic E-state index is 0.160. The predicted octanol–water partition coefficient (Wildman–Crippen LogP) is 2.41. The Morgan fingerprint density at radius 1 is 1.05 bits per heavy atom. The molecule has 0 aliphatic carbocycles. The first-order chi connectivity index (χ1) is 10.3. The van der Waals surface area contributed by atoms with Gasteiger partial charge in [-0.2, -0.15) is 0 Å². The highest BCUT2D eigenvalue weighted by Crippen LogP contribution is 2.27. The van der Waals surface area contributed by atoms with Gasteiger partial charge in [0.15, 0.2) is 0 Å². The zero-order chi connectivity index (χ0) is 14.5. The first-order valence-corrected chi connectivity index (χ1v) is 7.47. The van der Waals surface area contributed by atoms with Crippen molar-refractivity contribution in [3.63, 3.8) is 0 Å². The molecule has 0 bridgehead atoms. The van der Waals surface area contributed by atoms with Gasteiger partial charge in [-0.25, -0.2) is 0 Å². The van der Waals surface area contributed by atoms with E-state index in [1.807, 2.05) is 41.3 Å². The number of anilines is 1. The average Bonchev–Trinajstić information content (AvgIpc) is 2.96. The quantitative estimate of drug-likeness (QED) is 0.853. The zero-order valence-electron chi connectivity index (χ0n) is 12.1. The highest BCUT2D eigenvalue weighted by molar-refractivity contribution is 5.96. The minimum atomic E-state index is 0.160. The van der Waals surface area contributed by atoms with Crippen LogP contribution in [0.5, 0.6) is 0 Å². The van der Waals surface area contributed by atoms with Crippen LogP contribution in [-0.2, 0) is 17.6 Å². The molecule has 1 amide bonds.